The summed E-state index contributed by atoms with van der Waals surface area (Å²) >= 11 is 3.38. The third-order valence-corrected chi connectivity index (χ3v) is 7.97. The van der Waals surface area contributed by atoms with Gasteiger partial charge in [-0.25, -0.2) is 22.5 Å². The second-order valence-electron chi connectivity index (χ2n) is 7.96. The molecule has 10 heteroatoms. The highest BCUT2D eigenvalue weighted by Gasteiger charge is 2.42. The fourth-order valence-corrected chi connectivity index (χ4v) is 5.57. The summed E-state index contributed by atoms with van der Waals surface area (Å²) in [5.41, 5.74) is 5.42. The summed E-state index contributed by atoms with van der Waals surface area (Å²) in [4.78, 5) is 14.8. The summed E-state index contributed by atoms with van der Waals surface area (Å²) in [5.74, 6) is -1.38. The SMILES string of the molecule is NC(=O)C1CC(Nc2ncc(S(=O)(=O)NC3(c4ccc(Br)cc4)CCC3)cc2F)C1. The zero-order valence-corrected chi connectivity index (χ0v) is 18.5. The number of carbonyl (C=O) groups excluding carboxylic acids is 1. The smallest absolute Gasteiger partial charge is 0.243 e. The summed E-state index contributed by atoms with van der Waals surface area (Å²) in [5, 5.41) is 2.90. The van der Waals surface area contributed by atoms with E-state index in [4.69, 9.17) is 5.73 Å². The van der Waals surface area contributed by atoms with E-state index in [9.17, 15) is 17.6 Å². The Morgan fingerprint density at radius 1 is 1.23 bits per heavy atom. The highest BCUT2D eigenvalue weighted by molar-refractivity contribution is 9.10. The molecule has 30 heavy (non-hydrogen) atoms. The molecule has 0 radical (unpaired) electrons. The van der Waals surface area contributed by atoms with Crippen molar-refractivity contribution < 1.29 is 17.6 Å². The Morgan fingerprint density at radius 2 is 1.90 bits per heavy atom. The highest BCUT2D eigenvalue weighted by Crippen LogP contribution is 2.42. The molecule has 2 aliphatic rings. The van der Waals surface area contributed by atoms with Crippen LogP contribution in [0, 0.1) is 11.7 Å². The molecule has 2 fully saturated rings. The molecule has 2 aromatic rings. The van der Waals surface area contributed by atoms with Gasteiger partial charge in [0.1, 0.15) is 4.90 Å². The van der Waals surface area contributed by atoms with Crippen molar-refractivity contribution in [1.29, 1.82) is 0 Å². The average molecular weight is 497 g/mol. The molecule has 0 aliphatic heterocycles. The lowest BCUT2D eigenvalue weighted by Gasteiger charge is -2.42. The summed E-state index contributed by atoms with van der Waals surface area (Å²) in [6.45, 7) is 0. The lowest BCUT2D eigenvalue weighted by Crippen LogP contribution is -2.50. The number of pyridine rings is 1. The van der Waals surface area contributed by atoms with E-state index in [2.05, 4.69) is 31.0 Å². The summed E-state index contributed by atoms with van der Waals surface area (Å²) in [6, 6.07) is 8.37. The number of anilines is 1. The van der Waals surface area contributed by atoms with E-state index in [0.717, 1.165) is 28.7 Å². The van der Waals surface area contributed by atoms with Crippen LogP contribution in [-0.2, 0) is 20.4 Å². The van der Waals surface area contributed by atoms with Crippen LogP contribution in [0.25, 0.3) is 0 Å². The van der Waals surface area contributed by atoms with Crippen molar-refractivity contribution in [3.05, 3.63) is 52.4 Å². The first-order valence-electron chi connectivity index (χ1n) is 9.70. The molecule has 0 saturated heterocycles. The van der Waals surface area contributed by atoms with Gasteiger partial charge in [0.05, 0.1) is 5.54 Å². The van der Waals surface area contributed by atoms with Crippen LogP contribution >= 0.6 is 15.9 Å². The first kappa shape index (κ1) is 21.2. The van der Waals surface area contributed by atoms with E-state index < -0.39 is 21.4 Å². The number of hydrogen-bond donors (Lipinski definition) is 3. The van der Waals surface area contributed by atoms with Crippen LogP contribution in [0.5, 0.6) is 0 Å². The predicted octanol–water partition coefficient (Wildman–Crippen LogP) is 3.02. The normalized spacial score (nSPS) is 22.6. The van der Waals surface area contributed by atoms with Gasteiger partial charge in [-0.2, -0.15) is 0 Å². The van der Waals surface area contributed by atoms with Gasteiger partial charge in [-0.05, 0) is 55.9 Å². The van der Waals surface area contributed by atoms with Crippen LogP contribution in [0.15, 0.2) is 45.9 Å². The van der Waals surface area contributed by atoms with Crippen LogP contribution < -0.4 is 15.8 Å². The Labute approximate surface area is 182 Å². The quantitative estimate of drug-likeness (QED) is 0.544. The third-order valence-electron chi connectivity index (χ3n) is 5.94. The Morgan fingerprint density at radius 3 is 2.43 bits per heavy atom. The van der Waals surface area contributed by atoms with Gasteiger partial charge in [-0.3, -0.25) is 4.79 Å². The molecule has 1 aromatic carbocycles. The van der Waals surface area contributed by atoms with Crippen LogP contribution in [-0.4, -0.2) is 25.4 Å². The Kier molecular flexibility index (Phi) is 5.58. The maximum Gasteiger partial charge on any atom is 0.243 e. The second kappa shape index (κ2) is 7.90. The maximum atomic E-state index is 14.5. The molecule has 160 valence electrons. The number of rotatable bonds is 7. The molecule has 2 aliphatic carbocycles. The first-order valence-corrected chi connectivity index (χ1v) is 12.0. The van der Waals surface area contributed by atoms with Crippen LogP contribution in [0.3, 0.4) is 0 Å². The largest absolute Gasteiger partial charge is 0.369 e. The van der Waals surface area contributed by atoms with Crippen LogP contribution in [0.1, 0.15) is 37.7 Å². The number of benzene rings is 1. The molecule has 0 bridgehead atoms. The van der Waals surface area contributed by atoms with Gasteiger partial charge in [-0.15, -0.1) is 0 Å². The standard InChI is InChI=1S/C20H22BrFN4O3S/c21-14-4-2-13(3-5-14)20(6-1-7-20)26-30(28,29)16-10-17(22)19(24-11-16)25-15-8-12(9-15)18(23)27/h2-5,10-12,15,26H,1,6-9H2,(H2,23,27)(H,24,25). The lowest BCUT2D eigenvalue weighted by atomic mass is 9.73. The number of carbonyl (C=O) groups is 1. The molecule has 0 atom stereocenters. The van der Waals surface area contributed by atoms with Crippen molar-refractivity contribution in [2.45, 2.75) is 48.6 Å². The second-order valence-corrected chi connectivity index (χ2v) is 10.6. The van der Waals surface area contributed by atoms with E-state index in [1.165, 1.54) is 0 Å². The molecule has 0 unspecified atom stereocenters. The minimum atomic E-state index is -3.97. The van der Waals surface area contributed by atoms with E-state index in [1.54, 1.807) is 0 Å². The Hall–Kier alpha value is -2.04. The number of nitrogens with zero attached hydrogens (tertiary/aromatic N) is 1. The van der Waals surface area contributed by atoms with Gasteiger partial charge in [0, 0.05) is 22.6 Å². The number of aromatic nitrogens is 1. The van der Waals surface area contributed by atoms with Gasteiger partial charge < -0.3 is 11.1 Å². The molecular weight excluding hydrogens is 475 g/mol. The molecule has 1 heterocycles. The molecule has 4 rings (SSSR count). The van der Waals surface area contributed by atoms with Crippen molar-refractivity contribution in [1.82, 2.24) is 9.71 Å². The molecule has 1 aromatic heterocycles. The summed E-state index contributed by atoms with van der Waals surface area (Å²) in [7, 11) is -3.97. The monoisotopic (exact) mass is 496 g/mol. The number of sulfonamides is 1. The summed E-state index contributed by atoms with van der Waals surface area (Å²) in [6.07, 6.45) is 4.41. The molecule has 1 amide bonds. The molecule has 4 N–H and O–H groups in total. The van der Waals surface area contributed by atoms with Crippen LogP contribution in [0.2, 0.25) is 0 Å². The van der Waals surface area contributed by atoms with E-state index in [-0.39, 0.29) is 28.6 Å². The number of nitrogens with two attached hydrogens (primary N) is 1. The van der Waals surface area contributed by atoms with Crippen molar-refractivity contribution in [3.8, 4) is 0 Å². The van der Waals surface area contributed by atoms with E-state index >= 15 is 0 Å². The highest BCUT2D eigenvalue weighted by atomic mass is 79.9. The number of hydrogen-bond acceptors (Lipinski definition) is 5. The summed E-state index contributed by atoms with van der Waals surface area (Å²) < 4.78 is 44.1. The number of primary amides is 1. The number of amides is 1. The van der Waals surface area contributed by atoms with Gasteiger partial charge in [0.25, 0.3) is 0 Å². The average Bonchev–Trinajstić information content (AvgIpc) is 2.62. The van der Waals surface area contributed by atoms with Crippen LogP contribution in [0.4, 0.5) is 10.2 Å². The Bertz CT molecular complexity index is 1070. The molecule has 2 saturated carbocycles. The molecular formula is C20H22BrFN4O3S. The van der Waals surface area contributed by atoms with E-state index in [1.807, 2.05) is 24.3 Å². The zero-order valence-electron chi connectivity index (χ0n) is 16.1. The van der Waals surface area contributed by atoms with Gasteiger partial charge in [0.2, 0.25) is 15.9 Å². The fraction of sp³-hybridized carbons (Fsp3) is 0.400. The van der Waals surface area contributed by atoms with E-state index in [0.29, 0.717) is 25.7 Å². The van der Waals surface area contributed by atoms with Crippen molar-refractivity contribution in [2.75, 3.05) is 5.32 Å². The molecule has 7 nitrogen and oxygen atoms in total. The van der Waals surface area contributed by atoms with Crippen molar-refractivity contribution in [3.63, 3.8) is 0 Å². The van der Waals surface area contributed by atoms with Gasteiger partial charge in [-0.1, -0.05) is 28.1 Å². The first-order chi connectivity index (χ1) is 14.2. The van der Waals surface area contributed by atoms with Crippen molar-refractivity contribution in [2.24, 2.45) is 11.7 Å². The van der Waals surface area contributed by atoms with Crippen molar-refractivity contribution >= 4 is 37.7 Å². The number of halogens is 2. The fourth-order valence-electron chi connectivity index (χ4n) is 3.90. The predicted molar refractivity (Wildman–Crippen MR) is 114 cm³/mol. The maximum absolute atomic E-state index is 14.5. The third kappa shape index (κ3) is 4.08. The molecule has 0 spiro atoms. The minimum absolute atomic E-state index is 0.0341. The van der Waals surface area contributed by atoms with Gasteiger partial charge >= 0.3 is 0 Å². The lowest BCUT2D eigenvalue weighted by molar-refractivity contribution is -0.124. The number of nitrogens with one attached hydrogen (secondary N) is 2. The van der Waals surface area contributed by atoms with Gasteiger partial charge in [0.15, 0.2) is 11.6 Å². The minimum Gasteiger partial charge on any atom is -0.369 e. The zero-order chi connectivity index (χ0) is 21.5. The topological polar surface area (TPSA) is 114 Å². The Balaban J connectivity index is 1.49.